The molecule has 0 saturated carbocycles. The number of anilines is 1. The van der Waals surface area contributed by atoms with Gasteiger partial charge in [0.05, 0.1) is 6.20 Å². The Morgan fingerprint density at radius 2 is 2.09 bits per heavy atom. The van der Waals surface area contributed by atoms with E-state index in [1.807, 2.05) is 6.07 Å². The molecule has 0 unspecified atom stereocenters. The Hall–Kier alpha value is -1.19. The molecule has 11 heavy (non-hydrogen) atoms. The summed E-state index contributed by atoms with van der Waals surface area (Å²) >= 11 is 0. The van der Waals surface area contributed by atoms with Crippen LogP contribution in [0.2, 0.25) is 0 Å². The summed E-state index contributed by atoms with van der Waals surface area (Å²) < 4.78 is 0. The topological polar surface area (TPSA) is 47.1 Å². The van der Waals surface area contributed by atoms with Gasteiger partial charge in [0.2, 0.25) is 0 Å². The number of aromatic nitrogens is 2. The van der Waals surface area contributed by atoms with Crippen LogP contribution >= 0.6 is 0 Å². The van der Waals surface area contributed by atoms with E-state index < -0.39 is 0 Å². The van der Waals surface area contributed by atoms with Crippen molar-refractivity contribution in [3.63, 3.8) is 0 Å². The summed E-state index contributed by atoms with van der Waals surface area (Å²) in [5.41, 5.74) is 5.68. The maximum absolute atomic E-state index is 5.68. The highest BCUT2D eigenvalue weighted by molar-refractivity contribution is 5.28. The zero-order valence-corrected chi connectivity index (χ0v) is 6.40. The maximum Gasteiger partial charge on any atom is 0.145 e. The molecule has 0 atom stereocenters. The van der Waals surface area contributed by atoms with Crippen molar-refractivity contribution in [2.75, 3.05) is 23.8 Å². The van der Waals surface area contributed by atoms with Crippen LogP contribution in [0.4, 0.5) is 5.82 Å². The van der Waals surface area contributed by atoms with Crippen molar-refractivity contribution in [3.8, 4) is 0 Å². The Kier molecular flexibility index (Phi) is 1.45. The van der Waals surface area contributed by atoms with Crippen molar-refractivity contribution in [2.24, 2.45) is 0 Å². The van der Waals surface area contributed by atoms with E-state index in [9.17, 15) is 0 Å². The zero-order chi connectivity index (χ0) is 7.68. The third-order valence-electron chi connectivity index (χ3n) is 2.00. The Balaban J connectivity index is 2.21. The summed E-state index contributed by atoms with van der Waals surface area (Å²) in [5, 5.41) is 6.28. The van der Waals surface area contributed by atoms with Crippen LogP contribution in [0.5, 0.6) is 0 Å². The van der Waals surface area contributed by atoms with Crippen molar-refractivity contribution in [3.05, 3.63) is 12.3 Å². The first-order valence-electron chi connectivity index (χ1n) is 3.92. The lowest BCUT2D eigenvalue weighted by Gasteiger charge is -2.18. The van der Waals surface area contributed by atoms with Gasteiger partial charge in [0.15, 0.2) is 0 Å². The van der Waals surface area contributed by atoms with Gasteiger partial charge in [-0.1, -0.05) is 0 Å². The fourth-order valence-electron chi connectivity index (χ4n) is 1.43. The Bertz CT molecular complexity index is 236. The predicted octanol–water partition coefficient (Wildman–Crippen LogP) is 0.197. The fraction of sp³-hybridized carbons (Fsp3) is 0.571. The van der Waals surface area contributed by atoms with Crippen LogP contribution in [0.25, 0.3) is 0 Å². The van der Waals surface area contributed by atoms with Gasteiger partial charge in [-0.2, -0.15) is 9.89 Å². The summed E-state index contributed by atoms with van der Waals surface area (Å²) in [7, 11) is 0. The molecular weight excluding hydrogens is 140 g/mol. The normalized spacial score (nSPS) is 17.6. The van der Waals surface area contributed by atoms with Crippen LogP contribution in [0.1, 0.15) is 12.8 Å². The van der Waals surface area contributed by atoms with Crippen molar-refractivity contribution in [2.45, 2.75) is 12.8 Å². The molecule has 4 heteroatoms. The Morgan fingerprint density at radius 3 is 2.64 bits per heavy atom. The van der Waals surface area contributed by atoms with Gasteiger partial charge in [-0.15, -0.1) is 0 Å². The third kappa shape index (κ3) is 1.04. The van der Waals surface area contributed by atoms with E-state index in [0.29, 0.717) is 0 Å². The molecule has 60 valence electrons. The van der Waals surface area contributed by atoms with E-state index in [1.54, 1.807) is 11.0 Å². The predicted molar refractivity (Wildman–Crippen MR) is 43.8 cm³/mol. The van der Waals surface area contributed by atoms with Crippen molar-refractivity contribution >= 4 is 5.82 Å². The van der Waals surface area contributed by atoms with E-state index in [0.717, 1.165) is 18.9 Å². The van der Waals surface area contributed by atoms with Crippen molar-refractivity contribution in [1.82, 2.24) is 9.89 Å². The summed E-state index contributed by atoms with van der Waals surface area (Å²) in [4.78, 5) is 1.78. The van der Waals surface area contributed by atoms with E-state index in [1.165, 1.54) is 12.8 Å². The number of hydrogen-bond acceptors (Lipinski definition) is 3. The molecule has 0 amide bonds. The van der Waals surface area contributed by atoms with Gasteiger partial charge < -0.3 is 5.73 Å². The SMILES string of the molecule is Nc1ccnn1N1CCCC1. The molecule has 4 nitrogen and oxygen atoms in total. The highest BCUT2D eigenvalue weighted by atomic mass is 15.7. The number of nitrogens with zero attached hydrogens (tertiary/aromatic N) is 3. The zero-order valence-electron chi connectivity index (χ0n) is 6.40. The molecule has 2 N–H and O–H groups in total. The first-order chi connectivity index (χ1) is 5.38. The van der Waals surface area contributed by atoms with Crippen LogP contribution < -0.4 is 10.7 Å². The van der Waals surface area contributed by atoms with Crippen LogP contribution in [-0.4, -0.2) is 23.0 Å². The third-order valence-corrected chi connectivity index (χ3v) is 2.00. The summed E-state index contributed by atoms with van der Waals surface area (Å²) in [5.74, 6) is 0.729. The van der Waals surface area contributed by atoms with E-state index >= 15 is 0 Å². The largest absolute Gasteiger partial charge is 0.382 e. The lowest BCUT2D eigenvalue weighted by atomic mass is 10.4. The van der Waals surface area contributed by atoms with Gasteiger partial charge in [0.1, 0.15) is 5.82 Å². The van der Waals surface area contributed by atoms with E-state index in [4.69, 9.17) is 5.73 Å². The second-order valence-electron chi connectivity index (χ2n) is 2.81. The summed E-state index contributed by atoms with van der Waals surface area (Å²) in [6, 6.07) is 1.82. The van der Waals surface area contributed by atoms with Gasteiger partial charge in [-0.05, 0) is 12.8 Å². The van der Waals surface area contributed by atoms with E-state index in [-0.39, 0.29) is 0 Å². The minimum absolute atomic E-state index is 0.729. The number of nitrogens with two attached hydrogens (primary N) is 1. The second kappa shape index (κ2) is 2.45. The lowest BCUT2D eigenvalue weighted by Crippen LogP contribution is -2.33. The first-order valence-corrected chi connectivity index (χ1v) is 3.92. The minimum atomic E-state index is 0.729. The molecule has 1 aliphatic heterocycles. The molecule has 1 aromatic rings. The molecule has 0 radical (unpaired) electrons. The van der Waals surface area contributed by atoms with Crippen molar-refractivity contribution < 1.29 is 0 Å². The van der Waals surface area contributed by atoms with Gasteiger partial charge in [-0.25, -0.2) is 0 Å². The Labute approximate surface area is 65.6 Å². The molecule has 2 heterocycles. The summed E-state index contributed by atoms with van der Waals surface area (Å²) in [6.07, 6.45) is 4.23. The van der Waals surface area contributed by atoms with E-state index in [2.05, 4.69) is 10.1 Å². The molecule has 1 fully saturated rings. The van der Waals surface area contributed by atoms with Gasteiger partial charge >= 0.3 is 0 Å². The molecule has 0 aromatic carbocycles. The highest BCUT2D eigenvalue weighted by Crippen LogP contribution is 2.09. The lowest BCUT2D eigenvalue weighted by molar-refractivity contribution is 0.597. The quantitative estimate of drug-likeness (QED) is 0.625. The van der Waals surface area contributed by atoms with Crippen LogP contribution in [0.15, 0.2) is 12.3 Å². The number of nitrogen functional groups attached to an aromatic ring is 1. The first kappa shape index (κ1) is 6.52. The van der Waals surface area contributed by atoms with Crippen LogP contribution in [0.3, 0.4) is 0 Å². The summed E-state index contributed by atoms with van der Waals surface area (Å²) in [6.45, 7) is 2.15. The molecule has 1 aromatic heterocycles. The molecule has 1 saturated heterocycles. The molecule has 0 spiro atoms. The van der Waals surface area contributed by atoms with Crippen molar-refractivity contribution in [1.29, 1.82) is 0 Å². The molecular formula is C7H12N4. The van der Waals surface area contributed by atoms with Gasteiger partial charge in [-0.3, -0.25) is 5.01 Å². The molecule has 0 bridgehead atoms. The standard InChI is InChI=1S/C7H12N4/c8-7-3-4-9-11(7)10-5-1-2-6-10/h3-4H,1-2,5-6,8H2. The molecule has 2 rings (SSSR count). The number of hydrogen-bond donors (Lipinski definition) is 1. The second-order valence-corrected chi connectivity index (χ2v) is 2.81. The fourth-order valence-corrected chi connectivity index (χ4v) is 1.43. The van der Waals surface area contributed by atoms with Gasteiger partial charge in [0, 0.05) is 19.2 Å². The highest BCUT2D eigenvalue weighted by Gasteiger charge is 2.13. The maximum atomic E-state index is 5.68. The number of rotatable bonds is 1. The minimum Gasteiger partial charge on any atom is -0.382 e. The molecule has 0 aliphatic carbocycles. The van der Waals surface area contributed by atoms with Gasteiger partial charge in [0.25, 0.3) is 0 Å². The average Bonchev–Trinajstić information content (AvgIpc) is 2.55. The molecule has 1 aliphatic rings. The smallest absolute Gasteiger partial charge is 0.145 e. The Morgan fingerprint density at radius 1 is 1.36 bits per heavy atom. The average molecular weight is 152 g/mol. The monoisotopic (exact) mass is 152 g/mol. The van der Waals surface area contributed by atoms with Crippen LogP contribution in [0, 0.1) is 0 Å². The van der Waals surface area contributed by atoms with Crippen LogP contribution in [-0.2, 0) is 0 Å².